The fraction of sp³-hybridized carbons (Fsp3) is 0.562. The first-order valence-electron chi connectivity index (χ1n) is 7.05. The number of rotatable bonds is 4. The van der Waals surface area contributed by atoms with Gasteiger partial charge in [-0.1, -0.05) is 38.1 Å². The van der Waals surface area contributed by atoms with E-state index in [1.165, 1.54) is 11.1 Å². The van der Waals surface area contributed by atoms with Gasteiger partial charge in [-0.2, -0.15) is 0 Å². The molecule has 0 bridgehead atoms. The Morgan fingerprint density at radius 3 is 2.32 bits per heavy atom. The van der Waals surface area contributed by atoms with Gasteiger partial charge in [0.05, 0.1) is 5.54 Å². The van der Waals surface area contributed by atoms with E-state index >= 15 is 0 Å². The van der Waals surface area contributed by atoms with Crippen LogP contribution < -0.4 is 11.1 Å². The molecule has 1 unspecified atom stereocenters. The summed E-state index contributed by atoms with van der Waals surface area (Å²) in [5, 5.41) is 3.16. The first-order chi connectivity index (χ1) is 8.96. The minimum atomic E-state index is -0.314. The van der Waals surface area contributed by atoms with Gasteiger partial charge in [0.1, 0.15) is 0 Å². The second-order valence-electron chi connectivity index (χ2n) is 6.14. The molecule has 1 aromatic carbocycles. The molecule has 0 heterocycles. The highest BCUT2D eigenvalue weighted by atomic mass is 16.2. The summed E-state index contributed by atoms with van der Waals surface area (Å²) in [6, 6.07) is 8.31. The number of amides is 1. The quantitative estimate of drug-likeness (QED) is 0.868. The highest BCUT2D eigenvalue weighted by Gasteiger charge is 2.33. The first-order valence-corrected chi connectivity index (χ1v) is 7.05. The molecule has 3 N–H and O–H groups in total. The number of benzene rings is 1. The summed E-state index contributed by atoms with van der Waals surface area (Å²) in [6.07, 6.45) is 1.70. The molecule has 19 heavy (non-hydrogen) atoms. The molecule has 0 radical (unpaired) electrons. The van der Waals surface area contributed by atoms with Gasteiger partial charge >= 0.3 is 0 Å². The number of carbonyl (C=O) groups is 1. The summed E-state index contributed by atoms with van der Waals surface area (Å²) in [4.78, 5) is 12.4. The van der Waals surface area contributed by atoms with Crippen molar-refractivity contribution in [3.05, 3.63) is 35.4 Å². The Morgan fingerprint density at radius 2 is 1.89 bits per heavy atom. The van der Waals surface area contributed by atoms with E-state index in [1.807, 2.05) is 19.1 Å². The fourth-order valence-electron chi connectivity index (χ4n) is 2.56. The molecule has 0 saturated carbocycles. The van der Waals surface area contributed by atoms with Crippen LogP contribution in [-0.4, -0.2) is 18.0 Å². The van der Waals surface area contributed by atoms with E-state index in [0.717, 1.165) is 12.8 Å². The lowest BCUT2D eigenvalue weighted by molar-refractivity contribution is -0.127. The summed E-state index contributed by atoms with van der Waals surface area (Å²) in [5.41, 5.74) is 8.12. The van der Waals surface area contributed by atoms with Gasteiger partial charge in [-0.15, -0.1) is 0 Å². The molecule has 0 spiro atoms. The van der Waals surface area contributed by atoms with Gasteiger partial charge < -0.3 is 11.1 Å². The Labute approximate surface area is 115 Å². The molecule has 3 nitrogen and oxygen atoms in total. The van der Waals surface area contributed by atoms with Crippen LogP contribution in [0.3, 0.4) is 0 Å². The highest BCUT2D eigenvalue weighted by molar-refractivity contribution is 5.81. The molecule has 1 amide bonds. The Kier molecular flexibility index (Phi) is 3.95. The van der Waals surface area contributed by atoms with Crippen LogP contribution >= 0.6 is 0 Å². The SMILES string of the molecule is CC(C)C(C)(CN)NC(=O)C1Cc2ccccc2C1. The monoisotopic (exact) mass is 260 g/mol. The maximum absolute atomic E-state index is 12.4. The molecule has 0 aliphatic heterocycles. The zero-order chi connectivity index (χ0) is 14.0. The number of nitrogens with one attached hydrogen (secondary N) is 1. The molecule has 0 fully saturated rings. The number of hydrogen-bond acceptors (Lipinski definition) is 2. The van der Waals surface area contributed by atoms with Crippen molar-refractivity contribution in [2.45, 2.75) is 39.2 Å². The lowest BCUT2D eigenvalue weighted by atomic mass is 9.87. The largest absolute Gasteiger partial charge is 0.349 e. The van der Waals surface area contributed by atoms with E-state index in [4.69, 9.17) is 5.73 Å². The zero-order valence-corrected chi connectivity index (χ0v) is 12.1. The second-order valence-corrected chi connectivity index (χ2v) is 6.14. The van der Waals surface area contributed by atoms with Crippen LogP contribution in [0.1, 0.15) is 31.9 Å². The third kappa shape index (κ3) is 2.81. The van der Waals surface area contributed by atoms with Gasteiger partial charge in [0, 0.05) is 12.5 Å². The Morgan fingerprint density at radius 1 is 1.37 bits per heavy atom. The van der Waals surface area contributed by atoms with E-state index < -0.39 is 0 Å². The molecule has 1 aliphatic rings. The molecule has 104 valence electrons. The molecule has 0 saturated heterocycles. The highest BCUT2D eigenvalue weighted by Crippen LogP contribution is 2.27. The maximum atomic E-state index is 12.4. The lowest BCUT2D eigenvalue weighted by Gasteiger charge is -2.34. The van der Waals surface area contributed by atoms with Crippen molar-refractivity contribution in [2.24, 2.45) is 17.6 Å². The minimum absolute atomic E-state index is 0.0574. The Bertz CT molecular complexity index is 445. The molecule has 1 aromatic rings. The standard InChI is InChI=1S/C16H24N2O/c1-11(2)16(3,10-17)18-15(19)14-8-12-6-4-5-7-13(12)9-14/h4-7,11,14H,8-10,17H2,1-3H3,(H,18,19). The van der Waals surface area contributed by atoms with E-state index in [0.29, 0.717) is 12.5 Å². The van der Waals surface area contributed by atoms with Crippen molar-refractivity contribution < 1.29 is 4.79 Å². The molecule has 0 aromatic heterocycles. The van der Waals surface area contributed by atoms with Gasteiger partial charge in [-0.05, 0) is 36.8 Å². The average molecular weight is 260 g/mol. The Hall–Kier alpha value is -1.35. The normalized spacial score (nSPS) is 18.2. The second kappa shape index (κ2) is 5.33. The van der Waals surface area contributed by atoms with E-state index in [2.05, 4.69) is 31.3 Å². The topological polar surface area (TPSA) is 55.1 Å². The van der Waals surface area contributed by atoms with Crippen LogP contribution in [0.15, 0.2) is 24.3 Å². The van der Waals surface area contributed by atoms with Crippen LogP contribution in [0.25, 0.3) is 0 Å². The molecule has 1 atom stereocenters. The van der Waals surface area contributed by atoms with E-state index in [9.17, 15) is 4.79 Å². The molecule has 1 aliphatic carbocycles. The third-order valence-electron chi connectivity index (χ3n) is 4.53. The van der Waals surface area contributed by atoms with Crippen LogP contribution in [0.2, 0.25) is 0 Å². The summed E-state index contributed by atoms with van der Waals surface area (Å²) in [5.74, 6) is 0.519. The molecular formula is C16H24N2O. The van der Waals surface area contributed by atoms with E-state index in [-0.39, 0.29) is 17.4 Å². The van der Waals surface area contributed by atoms with Gasteiger partial charge in [0.25, 0.3) is 0 Å². The van der Waals surface area contributed by atoms with Gasteiger partial charge in [-0.3, -0.25) is 4.79 Å². The van der Waals surface area contributed by atoms with Crippen molar-refractivity contribution in [3.8, 4) is 0 Å². The van der Waals surface area contributed by atoms with Crippen LogP contribution in [0.4, 0.5) is 0 Å². The first kappa shape index (κ1) is 14.1. The molecular weight excluding hydrogens is 236 g/mol. The van der Waals surface area contributed by atoms with Crippen molar-refractivity contribution in [2.75, 3.05) is 6.54 Å². The number of hydrogen-bond donors (Lipinski definition) is 2. The van der Waals surface area contributed by atoms with Crippen LogP contribution in [-0.2, 0) is 17.6 Å². The lowest BCUT2D eigenvalue weighted by Crippen LogP contribution is -2.56. The average Bonchev–Trinajstić information content (AvgIpc) is 2.82. The number of fused-ring (bicyclic) bond motifs is 1. The summed E-state index contributed by atoms with van der Waals surface area (Å²) >= 11 is 0. The van der Waals surface area contributed by atoms with Crippen molar-refractivity contribution in [1.82, 2.24) is 5.32 Å². The van der Waals surface area contributed by atoms with E-state index in [1.54, 1.807) is 0 Å². The predicted molar refractivity (Wildman–Crippen MR) is 77.8 cm³/mol. The van der Waals surface area contributed by atoms with Crippen molar-refractivity contribution in [1.29, 1.82) is 0 Å². The van der Waals surface area contributed by atoms with Crippen LogP contribution in [0, 0.1) is 11.8 Å². The minimum Gasteiger partial charge on any atom is -0.349 e. The van der Waals surface area contributed by atoms with Gasteiger partial charge in [-0.25, -0.2) is 0 Å². The molecule has 3 heteroatoms. The summed E-state index contributed by atoms with van der Waals surface area (Å²) < 4.78 is 0. The zero-order valence-electron chi connectivity index (χ0n) is 12.1. The summed E-state index contributed by atoms with van der Waals surface area (Å²) in [6.45, 7) is 6.68. The predicted octanol–water partition coefficient (Wildman–Crippen LogP) is 1.89. The molecule has 2 rings (SSSR count). The third-order valence-corrected chi connectivity index (χ3v) is 4.53. The Balaban J connectivity index is 2.04. The maximum Gasteiger partial charge on any atom is 0.224 e. The van der Waals surface area contributed by atoms with Gasteiger partial charge in [0.15, 0.2) is 0 Å². The van der Waals surface area contributed by atoms with Gasteiger partial charge in [0.2, 0.25) is 5.91 Å². The smallest absolute Gasteiger partial charge is 0.224 e. The number of carbonyl (C=O) groups excluding carboxylic acids is 1. The fourth-order valence-corrected chi connectivity index (χ4v) is 2.56. The van der Waals surface area contributed by atoms with Crippen LogP contribution in [0.5, 0.6) is 0 Å². The van der Waals surface area contributed by atoms with Crippen molar-refractivity contribution >= 4 is 5.91 Å². The summed E-state index contributed by atoms with van der Waals surface area (Å²) in [7, 11) is 0. The van der Waals surface area contributed by atoms with Crippen molar-refractivity contribution in [3.63, 3.8) is 0 Å². The number of nitrogens with two attached hydrogens (primary N) is 1.